The zero-order valence-electron chi connectivity index (χ0n) is 26.1. The van der Waals surface area contributed by atoms with Crippen molar-refractivity contribution in [3.05, 3.63) is 80.8 Å². The van der Waals surface area contributed by atoms with Gasteiger partial charge < -0.3 is 24.6 Å². The summed E-state index contributed by atoms with van der Waals surface area (Å²) in [5.41, 5.74) is 6.36. The van der Waals surface area contributed by atoms with Gasteiger partial charge >= 0.3 is 11.9 Å². The molecule has 1 N–H and O–H groups in total. The Morgan fingerprint density at radius 2 is 1.68 bits per heavy atom. The van der Waals surface area contributed by atoms with Gasteiger partial charge in [0.15, 0.2) is 0 Å². The van der Waals surface area contributed by atoms with Crippen molar-refractivity contribution in [1.29, 1.82) is 0 Å². The molecule has 11 heteroatoms. The highest BCUT2D eigenvalue weighted by atomic mass is 32.1. The number of carbonyl (C=O) groups is 4. The maximum Gasteiger partial charge on any atom is 0.303 e. The van der Waals surface area contributed by atoms with E-state index >= 15 is 0 Å². The number of amides is 2. The van der Waals surface area contributed by atoms with Gasteiger partial charge in [0.05, 0.1) is 18.3 Å². The molecule has 10 nitrogen and oxygen atoms in total. The van der Waals surface area contributed by atoms with Gasteiger partial charge in [-0.05, 0) is 61.1 Å². The first-order chi connectivity index (χ1) is 20.9. The molecule has 2 heterocycles. The number of benzene rings is 2. The van der Waals surface area contributed by atoms with Gasteiger partial charge in [-0.15, -0.1) is 11.3 Å². The Balaban J connectivity index is 1.52. The summed E-state index contributed by atoms with van der Waals surface area (Å²) in [6.07, 6.45) is -1.23. The van der Waals surface area contributed by atoms with Gasteiger partial charge in [0.25, 0.3) is 11.8 Å². The Morgan fingerprint density at radius 3 is 2.34 bits per heavy atom. The molecule has 4 rings (SSSR count). The molecule has 0 spiro atoms. The minimum absolute atomic E-state index is 0.0542. The van der Waals surface area contributed by atoms with Crippen molar-refractivity contribution in [2.45, 2.75) is 71.8 Å². The molecule has 234 valence electrons. The smallest absolute Gasteiger partial charge is 0.303 e. The lowest BCUT2D eigenvalue weighted by molar-refractivity contribution is -0.178. The third-order valence-corrected chi connectivity index (χ3v) is 8.58. The average molecular weight is 621 g/mol. The monoisotopic (exact) mass is 620 g/mol. The largest absolute Gasteiger partial charge is 0.448 e. The quantitative estimate of drug-likeness (QED) is 0.316. The molecule has 3 atom stereocenters. The maximum atomic E-state index is 14.0. The summed E-state index contributed by atoms with van der Waals surface area (Å²) in [5.74, 6) is -2.90. The third kappa shape index (κ3) is 8.02. The van der Waals surface area contributed by atoms with E-state index in [1.807, 2.05) is 54.7 Å². The van der Waals surface area contributed by atoms with Crippen molar-refractivity contribution < 1.29 is 28.7 Å². The molecule has 0 radical (unpaired) electrons. The molecule has 1 fully saturated rings. The first kappa shape index (κ1) is 32.7. The lowest BCUT2D eigenvalue weighted by Gasteiger charge is -2.32. The molecule has 1 aliphatic rings. The van der Waals surface area contributed by atoms with Crippen LogP contribution in [0.1, 0.15) is 65.7 Å². The molecule has 0 bridgehead atoms. The number of carbonyl (C=O) groups excluding carboxylic acids is 4. The molecule has 1 unspecified atom stereocenters. The zero-order valence-corrected chi connectivity index (χ0v) is 26.9. The van der Waals surface area contributed by atoms with Crippen LogP contribution in [0, 0.1) is 13.8 Å². The molecule has 1 aliphatic heterocycles. The first-order valence-corrected chi connectivity index (χ1v) is 15.5. The molecule has 0 aliphatic carbocycles. The number of ether oxygens (including phenoxy) is 2. The highest BCUT2D eigenvalue weighted by Gasteiger charge is 2.44. The molecular formula is C33H40N4O6S. The van der Waals surface area contributed by atoms with Crippen LogP contribution in [0.4, 0.5) is 5.69 Å². The van der Waals surface area contributed by atoms with E-state index in [0.717, 1.165) is 37.2 Å². The Labute approximate surface area is 262 Å². The van der Waals surface area contributed by atoms with Crippen molar-refractivity contribution in [2.24, 2.45) is 0 Å². The number of hydrogen-bond acceptors (Lipinski definition) is 9. The van der Waals surface area contributed by atoms with E-state index in [1.54, 1.807) is 4.90 Å². The summed E-state index contributed by atoms with van der Waals surface area (Å²) in [5, 5.41) is 5.33. The van der Waals surface area contributed by atoms with Gasteiger partial charge in [-0.2, -0.15) is 0 Å². The number of rotatable bonds is 11. The molecule has 44 heavy (non-hydrogen) atoms. The SMILES string of the molecule is CC(=O)O[C@@H](C(=O)NCc1nc(Cc2c(C)cccc2C)cs1)[C@@H](OC(C)=O)C(=O)N1CCCC1c1cccc(N(C)C)c1. The van der Waals surface area contributed by atoms with Gasteiger partial charge in [-0.3, -0.25) is 19.2 Å². The molecule has 1 saturated heterocycles. The van der Waals surface area contributed by atoms with Crippen molar-refractivity contribution in [2.75, 3.05) is 25.5 Å². The van der Waals surface area contributed by atoms with Crippen molar-refractivity contribution in [3.63, 3.8) is 0 Å². The van der Waals surface area contributed by atoms with Crippen molar-refractivity contribution >= 4 is 40.8 Å². The van der Waals surface area contributed by atoms with Gasteiger partial charge in [0, 0.05) is 52.0 Å². The van der Waals surface area contributed by atoms with Crippen LogP contribution in [0.15, 0.2) is 47.8 Å². The fraction of sp³-hybridized carbons (Fsp3) is 0.424. The van der Waals surface area contributed by atoms with Gasteiger partial charge in [-0.25, -0.2) is 4.98 Å². The standard InChI is InChI=1S/C33H40N4O6S/c1-20-10-7-11-21(2)27(20)17-25-19-44-29(35-25)18-34-32(40)30(42-22(3)38)31(43-23(4)39)33(41)37-15-9-14-28(37)24-12-8-13-26(16-24)36(5)6/h7-8,10-13,16,19,28,30-31H,9,14-15,17-18H2,1-6H3,(H,34,40)/t28?,30-,31-/m1/s1. The predicted molar refractivity (Wildman–Crippen MR) is 168 cm³/mol. The molecule has 1 aromatic heterocycles. The fourth-order valence-corrected chi connectivity index (χ4v) is 6.22. The summed E-state index contributed by atoms with van der Waals surface area (Å²) >= 11 is 1.40. The summed E-state index contributed by atoms with van der Waals surface area (Å²) in [7, 11) is 3.88. The van der Waals surface area contributed by atoms with E-state index in [1.165, 1.54) is 28.0 Å². The van der Waals surface area contributed by atoms with Crippen LogP contribution in [0.3, 0.4) is 0 Å². The van der Waals surface area contributed by atoms with Crippen LogP contribution >= 0.6 is 11.3 Å². The summed E-state index contributed by atoms with van der Waals surface area (Å²) in [6.45, 7) is 6.89. The second kappa shape index (κ2) is 14.5. The second-order valence-electron chi connectivity index (χ2n) is 11.2. The number of nitrogens with one attached hydrogen (secondary N) is 1. The van der Waals surface area contributed by atoms with E-state index in [4.69, 9.17) is 9.47 Å². The Kier molecular flexibility index (Phi) is 10.7. The van der Waals surface area contributed by atoms with Crippen LogP contribution in [-0.2, 0) is 41.6 Å². The molecular weight excluding hydrogens is 580 g/mol. The number of aromatic nitrogens is 1. The number of thiazole rings is 1. The Hall–Kier alpha value is -4.25. The second-order valence-corrected chi connectivity index (χ2v) is 12.2. The van der Waals surface area contributed by atoms with E-state index in [2.05, 4.69) is 36.3 Å². The van der Waals surface area contributed by atoms with E-state index in [9.17, 15) is 19.2 Å². The summed E-state index contributed by atoms with van der Waals surface area (Å²) < 4.78 is 10.8. The Bertz CT molecular complexity index is 1500. The van der Waals surface area contributed by atoms with Gasteiger partial charge in [-0.1, -0.05) is 30.3 Å². The van der Waals surface area contributed by atoms with E-state index in [-0.39, 0.29) is 12.6 Å². The van der Waals surface area contributed by atoms with Crippen LogP contribution in [-0.4, -0.2) is 66.5 Å². The first-order valence-electron chi connectivity index (χ1n) is 14.6. The minimum atomic E-state index is -1.67. The number of esters is 2. The van der Waals surface area contributed by atoms with E-state index in [0.29, 0.717) is 24.4 Å². The molecule has 2 aromatic carbocycles. The lowest BCUT2D eigenvalue weighted by Crippen LogP contribution is -2.53. The zero-order chi connectivity index (χ0) is 32.0. The predicted octanol–water partition coefficient (Wildman–Crippen LogP) is 4.26. The van der Waals surface area contributed by atoms with Gasteiger partial charge in [0.1, 0.15) is 5.01 Å². The molecule has 0 saturated carbocycles. The summed E-state index contributed by atoms with van der Waals surface area (Å²) in [4.78, 5) is 60.0. The van der Waals surface area contributed by atoms with Crippen molar-refractivity contribution in [3.8, 4) is 0 Å². The van der Waals surface area contributed by atoms with Crippen LogP contribution < -0.4 is 10.2 Å². The summed E-state index contributed by atoms with van der Waals surface area (Å²) in [6, 6.07) is 13.7. The number of nitrogens with zero attached hydrogens (tertiary/aromatic N) is 3. The minimum Gasteiger partial charge on any atom is -0.448 e. The highest BCUT2D eigenvalue weighted by molar-refractivity contribution is 7.09. The average Bonchev–Trinajstić information content (AvgIpc) is 3.65. The van der Waals surface area contributed by atoms with Crippen molar-refractivity contribution in [1.82, 2.24) is 15.2 Å². The van der Waals surface area contributed by atoms with E-state index < -0.39 is 36.0 Å². The molecule has 3 aromatic rings. The number of aryl methyl sites for hydroxylation is 2. The maximum absolute atomic E-state index is 14.0. The number of likely N-dealkylation sites (tertiary alicyclic amines) is 1. The fourth-order valence-electron chi connectivity index (χ4n) is 5.49. The third-order valence-electron chi connectivity index (χ3n) is 7.69. The van der Waals surface area contributed by atoms with Crippen LogP contribution in [0.5, 0.6) is 0 Å². The van der Waals surface area contributed by atoms with Crippen LogP contribution in [0.2, 0.25) is 0 Å². The Morgan fingerprint density at radius 1 is 1.02 bits per heavy atom. The number of anilines is 1. The number of hydrogen-bond donors (Lipinski definition) is 1. The molecule has 2 amide bonds. The topological polar surface area (TPSA) is 118 Å². The lowest BCUT2D eigenvalue weighted by atomic mass is 9.99. The van der Waals surface area contributed by atoms with Gasteiger partial charge in [0.2, 0.25) is 12.2 Å². The highest BCUT2D eigenvalue weighted by Crippen LogP contribution is 2.34. The normalized spacial score (nSPS) is 15.8. The van der Waals surface area contributed by atoms with Crippen LogP contribution in [0.25, 0.3) is 0 Å².